The average molecular weight is 451 g/mol. The Morgan fingerprint density at radius 1 is 0.758 bits per heavy atom. The van der Waals surface area contributed by atoms with E-state index in [4.69, 9.17) is 0 Å². The molecule has 182 valence electrons. The standard InChI is InChI=1S/C29H46N4/c1-8-10-25(5)31-14-12-30(13-15-31)22-28-21-29(24(4)20-23(28)3)27(7)33-18-16-32(17-19-33)26(6)11-9-2/h10-11,20-21H,7-9,12-19,22H2,1-6H3/b25-10+,26-11+. The van der Waals surface area contributed by atoms with Gasteiger partial charge in [0.05, 0.1) is 0 Å². The lowest BCUT2D eigenvalue weighted by molar-refractivity contribution is 0.152. The molecule has 0 saturated carbocycles. The van der Waals surface area contributed by atoms with E-state index in [2.05, 4.69) is 92.0 Å². The van der Waals surface area contributed by atoms with Crippen LogP contribution in [0.2, 0.25) is 0 Å². The largest absolute Gasteiger partial charge is 0.373 e. The zero-order valence-electron chi connectivity index (χ0n) is 22.1. The topological polar surface area (TPSA) is 13.0 Å². The van der Waals surface area contributed by atoms with Gasteiger partial charge >= 0.3 is 0 Å². The molecule has 33 heavy (non-hydrogen) atoms. The van der Waals surface area contributed by atoms with Gasteiger partial charge in [-0.3, -0.25) is 4.90 Å². The van der Waals surface area contributed by atoms with Gasteiger partial charge in [-0.15, -0.1) is 0 Å². The maximum atomic E-state index is 4.55. The summed E-state index contributed by atoms with van der Waals surface area (Å²) in [6, 6.07) is 4.79. The van der Waals surface area contributed by atoms with Crippen LogP contribution in [0.5, 0.6) is 0 Å². The molecule has 2 aliphatic rings. The summed E-state index contributed by atoms with van der Waals surface area (Å²) in [5.41, 5.74) is 9.56. The number of aryl methyl sites for hydroxylation is 2. The van der Waals surface area contributed by atoms with E-state index in [0.717, 1.165) is 71.7 Å². The lowest BCUT2D eigenvalue weighted by atomic mass is 9.97. The third-order valence-electron chi connectivity index (χ3n) is 7.42. The number of hydrogen-bond acceptors (Lipinski definition) is 4. The van der Waals surface area contributed by atoms with Crippen molar-refractivity contribution in [1.82, 2.24) is 19.6 Å². The van der Waals surface area contributed by atoms with Crippen LogP contribution in [0, 0.1) is 13.8 Å². The molecule has 0 aromatic heterocycles. The molecule has 3 rings (SSSR count). The summed E-state index contributed by atoms with van der Waals surface area (Å²) in [5, 5.41) is 0. The van der Waals surface area contributed by atoms with Gasteiger partial charge in [0.2, 0.25) is 0 Å². The maximum absolute atomic E-state index is 4.55. The maximum Gasteiger partial charge on any atom is 0.0370 e. The molecule has 0 atom stereocenters. The second kappa shape index (κ2) is 11.8. The molecule has 0 bridgehead atoms. The number of benzene rings is 1. The first-order valence-electron chi connectivity index (χ1n) is 12.9. The second-order valence-electron chi connectivity index (χ2n) is 9.79. The van der Waals surface area contributed by atoms with Crippen molar-refractivity contribution in [3.63, 3.8) is 0 Å². The molecule has 2 aliphatic heterocycles. The van der Waals surface area contributed by atoms with Gasteiger partial charge in [-0.05, 0) is 63.3 Å². The average Bonchev–Trinajstić information content (AvgIpc) is 2.81. The molecule has 0 amide bonds. The minimum atomic E-state index is 1.03. The van der Waals surface area contributed by atoms with E-state index in [-0.39, 0.29) is 0 Å². The van der Waals surface area contributed by atoms with Gasteiger partial charge in [0, 0.05) is 81.6 Å². The Balaban J connectivity index is 1.64. The van der Waals surface area contributed by atoms with E-state index >= 15 is 0 Å². The van der Waals surface area contributed by atoms with Gasteiger partial charge in [-0.25, -0.2) is 0 Å². The summed E-state index contributed by atoms with van der Waals surface area (Å²) < 4.78 is 0. The highest BCUT2D eigenvalue weighted by molar-refractivity contribution is 5.66. The quantitative estimate of drug-likeness (QED) is 0.508. The lowest BCUT2D eigenvalue weighted by Gasteiger charge is -2.39. The van der Waals surface area contributed by atoms with Crippen molar-refractivity contribution < 1.29 is 0 Å². The molecule has 0 spiro atoms. The van der Waals surface area contributed by atoms with Crippen molar-refractivity contribution in [2.45, 2.75) is 60.9 Å². The Hall–Kier alpha value is -2.20. The van der Waals surface area contributed by atoms with Crippen LogP contribution in [0.25, 0.3) is 5.70 Å². The van der Waals surface area contributed by atoms with Gasteiger partial charge in [-0.1, -0.05) is 38.6 Å². The molecule has 2 saturated heterocycles. The van der Waals surface area contributed by atoms with E-state index in [9.17, 15) is 0 Å². The molecule has 1 aromatic rings. The second-order valence-corrected chi connectivity index (χ2v) is 9.79. The van der Waals surface area contributed by atoms with Crippen molar-refractivity contribution in [2.24, 2.45) is 0 Å². The molecule has 2 fully saturated rings. The number of piperazine rings is 2. The Bertz CT molecular complexity index is 866. The summed E-state index contributed by atoms with van der Waals surface area (Å²) in [6.07, 6.45) is 6.90. The number of nitrogens with zero attached hydrogens (tertiary/aromatic N) is 4. The lowest BCUT2D eigenvalue weighted by Crippen LogP contribution is -2.45. The smallest absolute Gasteiger partial charge is 0.0370 e. The predicted molar refractivity (Wildman–Crippen MR) is 143 cm³/mol. The molecule has 0 radical (unpaired) electrons. The monoisotopic (exact) mass is 450 g/mol. The fourth-order valence-corrected chi connectivity index (χ4v) is 5.23. The molecule has 0 N–H and O–H groups in total. The van der Waals surface area contributed by atoms with Crippen LogP contribution in [0.3, 0.4) is 0 Å². The Morgan fingerprint density at radius 2 is 1.24 bits per heavy atom. The molecular weight excluding hydrogens is 404 g/mol. The molecule has 4 nitrogen and oxygen atoms in total. The van der Waals surface area contributed by atoms with Gasteiger partial charge in [0.1, 0.15) is 0 Å². The summed E-state index contributed by atoms with van der Waals surface area (Å²) in [6.45, 7) is 27.8. The molecule has 1 aromatic carbocycles. The van der Waals surface area contributed by atoms with Crippen molar-refractivity contribution in [1.29, 1.82) is 0 Å². The third kappa shape index (κ3) is 6.44. The first kappa shape index (κ1) is 25.4. The highest BCUT2D eigenvalue weighted by Gasteiger charge is 2.22. The minimum Gasteiger partial charge on any atom is -0.373 e. The first-order chi connectivity index (χ1) is 15.8. The summed E-state index contributed by atoms with van der Waals surface area (Å²) in [4.78, 5) is 10.1. The van der Waals surface area contributed by atoms with Crippen LogP contribution in [-0.2, 0) is 6.54 Å². The minimum absolute atomic E-state index is 1.03. The van der Waals surface area contributed by atoms with E-state index in [1.807, 2.05) is 0 Å². The van der Waals surface area contributed by atoms with Crippen molar-refractivity contribution in [3.8, 4) is 0 Å². The van der Waals surface area contributed by atoms with Crippen molar-refractivity contribution >= 4 is 5.70 Å². The van der Waals surface area contributed by atoms with Crippen molar-refractivity contribution in [3.05, 3.63) is 64.5 Å². The van der Waals surface area contributed by atoms with Crippen molar-refractivity contribution in [2.75, 3.05) is 52.4 Å². The zero-order valence-corrected chi connectivity index (χ0v) is 22.1. The van der Waals surface area contributed by atoms with Crippen LogP contribution in [0.15, 0.2) is 42.3 Å². The fraction of sp³-hybridized carbons (Fsp3) is 0.586. The summed E-state index contributed by atoms with van der Waals surface area (Å²) in [7, 11) is 0. The van der Waals surface area contributed by atoms with E-state index in [0.29, 0.717) is 0 Å². The first-order valence-corrected chi connectivity index (χ1v) is 12.9. The Morgan fingerprint density at radius 3 is 1.76 bits per heavy atom. The van der Waals surface area contributed by atoms with Crippen LogP contribution < -0.4 is 0 Å². The van der Waals surface area contributed by atoms with Crippen LogP contribution >= 0.6 is 0 Å². The summed E-state index contributed by atoms with van der Waals surface area (Å²) in [5.74, 6) is 0. The highest BCUT2D eigenvalue weighted by Crippen LogP contribution is 2.27. The van der Waals surface area contributed by atoms with E-state index in [1.165, 1.54) is 39.3 Å². The van der Waals surface area contributed by atoms with Gasteiger partial charge in [0.15, 0.2) is 0 Å². The number of rotatable bonds is 8. The van der Waals surface area contributed by atoms with E-state index < -0.39 is 0 Å². The fourth-order valence-electron chi connectivity index (χ4n) is 5.23. The normalized spacial score (nSPS) is 18.8. The van der Waals surface area contributed by atoms with Crippen LogP contribution in [-0.4, -0.2) is 72.0 Å². The Kier molecular flexibility index (Phi) is 9.08. The predicted octanol–water partition coefficient (Wildman–Crippen LogP) is 5.64. The number of hydrogen-bond donors (Lipinski definition) is 0. The molecule has 0 unspecified atom stereocenters. The highest BCUT2D eigenvalue weighted by atomic mass is 15.3. The van der Waals surface area contributed by atoms with Gasteiger partial charge in [0.25, 0.3) is 0 Å². The molecule has 2 heterocycles. The van der Waals surface area contributed by atoms with Gasteiger partial charge in [-0.2, -0.15) is 0 Å². The molecular formula is C29H46N4. The SMILES string of the molecule is C=C(c1cc(CN2CCN(/C(C)=C/CC)CC2)c(C)cc1C)N1CCN(/C(C)=C/CC)CC1. The van der Waals surface area contributed by atoms with Crippen LogP contribution in [0.1, 0.15) is 62.8 Å². The summed E-state index contributed by atoms with van der Waals surface area (Å²) >= 11 is 0. The third-order valence-corrected chi connectivity index (χ3v) is 7.42. The zero-order chi connectivity index (χ0) is 24.0. The Labute approximate surface area is 203 Å². The van der Waals surface area contributed by atoms with E-state index in [1.54, 1.807) is 0 Å². The van der Waals surface area contributed by atoms with Gasteiger partial charge < -0.3 is 14.7 Å². The molecule has 0 aliphatic carbocycles. The van der Waals surface area contributed by atoms with Crippen LogP contribution in [0.4, 0.5) is 0 Å². The number of allylic oxidation sites excluding steroid dienone is 4. The molecule has 4 heteroatoms.